The van der Waals surface area contributed by atoms with E-state index in [1.807, 2.05) is 19.9 Å². The molecule has 0 aliphatic carbocycles. The summed E-state index contributed by atoms with van der Waals surface area (Å²) in [4.78, 5) is 8.36. The molecule has 24 heavy (non-hydrogen) atoms. The molecule has 0 spiro atoms. The molecule has 0 unspecified atom stereocenters. The second-order valence-corrected chi connectivity index (χ2v) is 5.29. The van der Waals surface area contributed by atoms with Crippen molar-refractivity contribution in [2.45, 2.75) is 26.4 Å². The molecule has 0 saturated carbocycles. The molecule has 0 radical (unpaired) electrons. The first kappa shape index (κ1) is 20.1. The van der Waals surface area contributed by atoms with Gasteiger partial charge >= 0.3 is 0 Å². The van der Waals surface area contributed by atoms with Gasteiger partial charge in [-0.2, -0.15) is 0 Å². The lowest BCUT2D eigenvalue weighted by atomic mass is 10.3. The third-order valence-corrected chi connectivity index (χ3v) is 2.93. The van der Waals surface area contributed by atoms with Crippen LogP contribution < -0.4 is 15.4 Å². The molecule has 0 saturated heterocycles. The summed E-state index contributed by atoms with van der Waals surface area (Å²) in [6.07, 6.45) is 1.71. The Bertz CT molecular complexity index is 662. The average molecular weight is 444 g/mol. The van der Waals surface area contributed by atoms with Crippen LogP contribution in [0.5, 0.6) is 11.6 Å². The average Bonchev–Trinajstić information content (AvgIpc) is 2.52. The van der Waals surface area contributed by atoms with Gasteiger partial charge in [0, 0.05) is 38.0 Å². The molecule has 0 amide bonds. The molecule has 2 rings (SSSR count). The fourth-order valence-corrected chi connectivity index (χ4v) is 1.88. The third kappa shape index (κ3) is 6.69. The molecule has 0 aliphatic rings. The second kappa shape index (κ2) is 10.1. The van der Waals surface area contributed by atoms with E-state index in [0.717, 1.165) is 11.5 Å². The second-order valence-electron chi connectivity index (χ2n) is 5.29. The fraction of sp³-hybridized carbons (Fsp3) is 0.294. The number of guanidine groups is 1. The number of nitrogens with one attached hydrogen (secondary N) is 2. The predicted molar refractivity (Wildman–Crippen MR) is 105 cm³/mol. The summed E-state index contributed by atoms with van der Waals surface area (Å²) in [7, 11) is 1.73. The van der Waals surface area contributed by atoms with Crippen molar-refractivity contribution >= 4 is 29.9 Å². The molecule has 1 aromatic carbocycles. The number of hydrogen-bond donors (Lipinski definition) is 2. The molecule has 130 valence electrons. The number of ether oxygens (including phenoxy) is 1. The highest BCUT2D eigenvalue weighted by Gasteiger charge is 2.03. The van der Waals surface area contributed by atoms with E-state index in [1.54, 1.807) is 31.4 Å². The summed E-state index contributed by atoms with van der Waals surface area (Å²) in [6, 6.07) is 9.92. The number of aromatic nitrogens is 1. The lowest BCUT2D eigenvalue weighted by molar-refractivity contribution is 0.457. The Labute approximate surface area is 158 Å². The molecule has 2 aromatic rings. The Morgan fingerprint density at radius 1 is 1.29 bits per heavy atom. The first-order valence-corrected chi connectivity index (χ1v) is 7.42. The van der Waals surface area contributed by atoms with Crippen LogP contribution >= 0.6 is 24.0 Å². The van der Waals surface area contributed by atoms with Gasteiger partial charge in [-0.3, -0.25) is 4.99 Å². The van der Waals surface area contributed by atoms with Gasteiger partial charge < -0.3 is 15.4 Å². The maximum Gasteiger partial charge on any atom is 0.219 e. The van der Waals surface area contributed by atoms with Crippen LogP contribution in [0.3, 0.4) is 0 Å². The quantitative estimate of drug-likeness (QED) is 0.420. The zero-order valence-electron chi connectivity index (χ0n) is 13.9. The highest BCUT2D eigenvalue weighted by molar-refractivity contribution is 14.0. The van der Waals surface area contributed by atoms with Gasteiger partial charge in [0.05, 0.1) is 0 Å². The van der Waals surface area contributed by atoms with E-state index < -0.39 is 0 Å². The van der Waals surface area contributed by atoms with Gasteiger partial charge in [0.2, 0.25) is 5.88 Å². The van der Waals surface area contributed by atoms with Crippen LogP contribution in [0, 0.1) is 5.82 Å². The Hall–Kier alpha value is -1.90. The van der Waals surface area contributed by atoms with Gasteiger partial charge in [-0.1, -0.05) is 12.1 Å². The van der Waals surface area contributed by atoms with Crippen molar-refractivity contribution in [1.29, 1.82) is 0 Å². The highest BCUT2D eigenvalue weighted by atomic mass is 127. The summed E-state index contributed by atoms with van der Waals surface area (Å²) >= 11 is 0. The molecule has 1 aromatic heterocycles. The maximum atomic E-state index is 13.1. The van der Waals surface area contributed by atoms with Gasteiger partial charge in [-0.05, 0) is 31.5 Å². The minimum Gasteiger partial charge on any atom is -0.439 e. The van der Waals surface area contributed by atoms with E-state index in [9.17, 15) is 4.39 Å². The number of halogens is 2. The van der Waals surface area contributed by atoms with E-state index in [0.29, 0.717) is 24.2 Å². The number of benzene rings is 1. The summed E-state index contributed by atoms with van der Waals surface area (Å²) in [5.74, 6) is 1.24. The van der Waals surface area contributed by atoms with Crippen molar-refractivity contribution < 1.29 is 9.13 Å². The minimum absolute atomic E-state index is 0. The van der Waals surface area contributed by atoms with Crippen molar-refractivity contribution in [3.05, 3.63) is 54.0 Å². The van der Waals surface area contributed by atoms with Crippen LogP contribution in [-0.2, 0) is 6.54 Å². The number of aliphatic imine (C=N–C) groups is 1. The Morgan fingerprint density at radius 3 is 2.67 bits per heavy atom. The van der Waals surface area contributed by atoms with E-state index in [4.69, 9.17) is 4.74 Å². The molecule has 7 heteroatoms. The van der Waals surface area contributed by atoms with Crippen molar-refractivity contribution in [2.24, 2.45) is 4.99 Å². The normalized spacial score (nSPS) is 11.0. The topological polar surface area (TPSA) is 58.5 Å². The van der Waals surface area contributed by atoms with Crippen molar-refractivity contribution in [1.82, 2.24) is 15.6 Å². The first-order chi connectivity index (χ1) is 11.1. The summed E-state index contributed by atoms with van der Waals surface area (Å²) in [5.41, 5.74) is 0.989. The minimum atomic E-state index is -0.340. The molecule has 0 bridgehead atoms. The van der Waals surface area contributed by atoms with Crippen LogP contribution in [-0.4, -0.2) is 24.0 Å². The summed E-state index contributed by atoms with van der Waals surface area (Å²) in [5, 5.41) is 6.41. The largest absolute Gasteiger partial charge is 0.439 e. The van der Waals surface area contributed by atoms with E-state index in [-0.39, 0.29) is 29.8 Å². The summed E-state index contributed by atoms with van der Waals surface area (Å²) in [6.45, 7) is 4.69. The number of pyridine rings is 1. The maximum absolute atomic E-state index is 13.1. The molecular weight excluding hydrogens is 422 g/mol. The predicted octanol–water partition coefficient (Wildman–Crippen LogP) is 3.70. The third-order valence-electron chi connectivity index (χ3n) is 2.93. The molecule has 2 N–H and O–H groups in total. The lowest BCUT2D eigenvalue weighted by Crippen LogP contribution is -2.40. The van der Waals surface area contributed by atoms with Crippen LogP contribution in [0.2, 0.25) is 0 Å². The van der Waals surface area contributed by atoms with Crippen LogP contribution in [0.4, 0.5) is 4.39 Å². The monoisotopic (exact) mass is 444 g/mol. The Kier molecular flexibility index (Phi) is 8.45. The SMILES string of the molecule is CN=C(NCc1ccc(Oc2cccc(F)c2)nc1)NC(C)C.I. The summed E-state index contributed by atoms with van der Waals surface area (Å²) < 4.78 is 18.6. The number of nitrogens with zero attached hydrogens (tertiary/aromatic N) is 2. The van der Waals surface area contributed by atoms with Crippen molar-refractivity contribution in [3.63, 3.8) is 0 Å². The van der Waals surface area contributed by atoms with Gasteiger partial charge in [0.25, 0.3) is 0 Å². The van der Waals surface area contributed by atoms with Gasteiger partial charge in [-0.15, -0.1) is 24.0 Å². The molecule has 0 atom stereocenters. The standard InChI is InChI=1S/C17H21FN4O.HI/c1-12(2)22-17(19-3)21-11-13-7-8-16(20-10-13)23-15-6-4-5-14(18)9-15;/h4-10,12H,11H2,1-3H3,(H2,19,21,22);1H. The molecule has 5 nitrogen and oxygen atoms in total. The van der Waals surface area contributed by atoms with Crippen LogP contribution in [0.1, 0.15) is 19.4 Å². The molecule has 1 heterocycles. The molecule has 0 aliphatic heterocycles. The highest BCUT2D eigenvalue weighted by Crippen LogP contribution is 2.19. The van der Waals surface area contributed by atoms with Crippen molar-refractivity contribution in [2.75, 3.05) is 7.05 Å². The van der Waals surface area contributed by atoms with E-state index in [2.05, 4.69) is 20.6 Å². The molecular formula is C17H22FIN4O. The van der Waals surface area contributed by atoms with Crippen LogP contribution in [0.15, 0.2) is 47.6 Å². The van der Waals surface area contributed by atoms with Crippen molar-refractivity contribution in [3.8, 4) is 11.6 Å². The molecule has 0 fully saturated rings. The lowest BCUT2D eigenvalue weighted by Gasteiger charge is -2.14. The van der Waals surface area contributed by atoms with Gasteiger partial charge in [-0.25, -0.2) is 9.37 Å². The smallest absolute Gasteiger partial charge is 0.219 e. The van der Waals surface area contributed by atoms with Crippen LogP contribution in [0.25, 0.3) is 0 Å². The zero-order chi connectivity index (χ0) is 16.7. The Balaban J connectivity index is 0.00000288. The first-order valence-electron chi connectivity index (χ1n) is 7.42. The van der Waals surface area contributed by atoms with E-state index in [1.165, 1.54) is 12.1 Å². The number of rotatable bonds is 5. The zero-order valence-corrected chi connectivity index (χ0v) is 16.2. The van der Waals surface area contributed by atoms with Gasteiger partial charge in [0.1, 0.15) is 11.6 Å². The Morgan fingerprint density at radius 2 is 2.08 bits per heavy atom. The fourth-order valence-electron chi connectivity index (χ4n) is 1.88. The van der Waals surface area contributed by atoms with Gasteiger partial charge in [0.15, 0.2) is 5.96 Å². The van der Waals surface area contributed by atoms with E-state index >= 15 is 0 Å². The number of hydrogen-bond acceptors (Lipinski definition) is 3.